The number of nitrogens with one attached hydrogen (secondary N) is 1. The standard InChI is InChI=1S/C16H28N2O/c1-4-6-7-8-10-19-16-12-15(11-14(3)18-16)13-17-9-5-2/h11-12,17H,4-10,13H2,1-3H3. The Morgan fingerprint density at radius 3 is 2.68 bits per heavy atom. The van der Waals surface area contributed by atoms with Gasteiger partial charge in [-0.25, -0.2) is 4.98 Å². The maximum Gasteiger partial charge on any atom is 0.213 e. The van der Waals surface area contributed by atoms with Gasteiger partial charge >= 0.3 is 0 Å². The summed E-state index contributed by atoms with van der Waals surface area (Å²) in [4.78, 5) is 4.43. The molecule has 3 heteroatoms. The van der Waals surface area contributed by atoms with Crippen LogP contribution in [0.2, 0.25) is 0 Å². The molecule has 0 amide bonds. The molecule has 0 aromatic carbocycles. The molecule has 0 aliphatic heterocycles. The number of unbranched alkanes of at least 4 members (excludes halogenated alkanes) is 3. The zero-order valence-electron chi connectivity index (χ0n) is 12.7. The molecule has 1 rings (SSSR count). The monoisotopic (exact) mass is 264 g/mol. The number of pyridine rings is 1. The van der Waals surface area contributed by atoms with Gasteiger partial charge in [-0.15, -0.1) is 0 Å². The summed E-state index contributed by atoms with van der Waals surface area (Å²) in [5, 5.41) is 3.41. The molecule has 1 N–H and O–H groups in total. The molecule has 1 aromatic rings. The first-order valence-corrected chi connectivity index (χ1v) is 7.57. The van der Waals surface area contributed by atoms with E-state index in [9.17, 15) is 0 Å². The minimum absolute atomic E-state index is 0.768. The van der Waals surface area contributed by atoms with Gasteiger partial charge in [0.05, 0.1) is 6.61 Å². The summed E-state index contributed by atoms with van der Waals surface area (Å²) < 4.78 is 5.74. The molecule has 19 heavy (non-hydrogen) atoms. The molecule has 108 valence electrons. The van der Waals surface area contributed by atoms with Gasteiger partial charge in [0.2, 0.25) is 5.88 Å². The molecule has 0 atom stereocenters. The average Bonchev–Trinajstić information content (AvgIpc) is 2.38. The van der Waals surface area contributed by atoms with Crippen LogP contribution in [0.25, 0.3) is 0 Å². The Kier molecular flexibility index (Phi) is 8.23. The van der Waals surface area contributed by atoms with Crippen molar-refractivity contribution in [3.8, 4) is 5.88 Å². The van der Waals surface area contributed by atoms with Crippen LogP contribution in [0.1, 0.15) is 57.2 Å². The van der Waals surface area contributed by atoms with Crippen LogP contribution in [-0.4, -0.2) is 18.1 Å². The highest BCUT2D eigenvalue weighted by Gasteiger charge is 2.01. The quantitative estimate of drug-likeness (QED) is 0.652. The topological polar surface area (TPSA) is 34.1 Å². The van der Waals surface area contributed by atoms with Crippen molar-refractivity contribution < 1.29 is 4.74 Å². The molecular formula is C16H28N2O. The van der Waals surface area contributed by atoms with Crippen molar-refractivity contribution in [1.82, 2.24) is 10.3 Å². The molecule has 0 aliphatic carbocycles. The average molecular weight is 264 g/mol. The highest BCUT2D eigenvalue weighted by Crippen LogP contribution is 2.13. The van der Waals surface area contributed by atoms with Crippen LogP contribution in [0.4, 0.5) is 0 Å². The van der Waals surface area contributed by atoms with Crippen molar-refractivity contribution >= 4 is 0 Å². The van der Waals surface area contributed by atoms with E-state index >= 15 is 0 Å². The van der Waals surface area contributed by atoms with E-state index in [1.807, 2.05) is 6.92 Å². The van der Waals surface area contributed by atoms with Crippen LogP contribution in [-0.2, 0) is 6.54 Å². The molecule has 1 heterocycles. The Morgan fingerprint density at radius 1 is 1.11 bits per heavy atom. The molecule has 1 aromatic heterocycles. The van der Waals surface area contributed by atoms with Crippen LogP contribution in [0.3, 0.4) is 0 Å². The second-order valence-corrected chi connectivity index (χ2v) is 5.04. The molecule has 0 bridgehead atoms. The van der Waals surface area contributed by atoms with Crippen LogP contribution in [0, 0.1) is 6.92 Å². The molecule has 0 spiro atoms. The van der Waals surface area contributed by atoms with Gasteiger partial charge in [0, 0.05) is 18.3 Å². The molecule has 0 radical (unpaired) electrons. The first-order valence-electron chi connectivity index (χ1n) is 7.57. The highest BCUT2D eigenvalue weighted by atomic mass is 16.5. The van der Waals surface area contributed by atoms with Crippen molar-refractivity contribution in [2.75, 3.05) is 13.2 Å². The predicted octanol–water partition coefficient (Wildman–Crippen LogP) is 3.85. The smallest absolute Gasteiger partial charge is 0.213 e. The van der Waals surface area contributed by atoms with Crippen LogP contribution in [0.5, 0.6) is 5.88 Å². The molecule has 0 unspecified atom stereocenters. The van der Waals surface area contributed by atoms with Gasteiger partial charge in [-0.2, -0.15) is 0 Å². The van der Waals surface area contributed by atoms with E-state index in [1.165, 1.54) is 24.8 Å². The van der Waals surface area contributed by atoms with E-state index in [2.05, 4.69) is 36.3 Å². The number of aryl methyl sites for hydroxylation is 1. The fourth-order valence-corrected chi connectivity index (χ4v) is 2.00. The lowest BCUT2D eigenvalue weighted by Crippen LogP contribution is -2.14. The number of hydrogen-bond donors (Lipinski definition) is 1. The van der Waals surface area contributed by atoms with Gasteiger partial charge in [0.25, 0.3) is 0 Å². The summed E-state index contributed by atoms with van der Waals surface area (Å²) in [6.07, 6.45) is 6.07. The van der Waals surface area contributed by atoms with E-state index in [0.29, 0.717) is 0 Å². The Labute approximate surface area is 117 Å². The normalized spacial score (nSPS) is 10.7. The lowest BCUT2D eigenvalue weighted by molar-refractivity contribution is 0.293. The van der Waals surface area contributed by atoms with Crippen LogP contribution < -0.4 is 10.1 Å². The summed E-state index contributed by atoms with van der Waals surface area (Å²) in [5.41, 5.74) is 2.28. The highest BCUT2D eigenvalue weighted by molar-refractivity contribution is 5.24. The summed E-state index contributed by atoms with van der Waals surface area (Å²) in [7, 11) is 0. The summed E-state index contributed by atoms with van der Waals surface area (Å²) in [5.74, 6) is 0.768. The molecule has 3 nitrogen and oxygen atoms in total. The van der Waals surface area contributed by atoms with Crippen molar-refractivity contribution in [2.45, 2.75) is 59.4 Å². The number of ether oxygens (including phenoxy) is 1. The minimum atomic E-state index is 0.768. The molecule has 0 saturated carbocycles. The Morgan fingerprint density at radius 2 is 1.95 bits per heavy atom. The van der Waals surface area contributed by atoms with Crippen molar-refractivity contribution in [3.63, 3.8) is 0 Å². The first-order chi connectivity index (χ1) is 9.26. The van der Waals surface area contributed by atoms with Gasteiger partial charge in [-0.3, -0.25) is 0 Å². The Hall–Kier alpha value is -1.09. The van der Waals surface area contributed by atoms with Gasteiger partial charge < -0.3 is 10.1 Å². The third kappa shape index (κ3) is 7.16. The zero-order chi connectivity index (χ0) is 13.9. The maximum atomic E-state index is 5.74. The molecular weight excluding hydrogens is 236 g/mol. The van der Waals surface area contributed by atoms with Crippen LogP contribution >= 0.6 is 0 Å². The number of rotatable bonds is 10. The summed E-state index contributed by atoms with van der Waals surface area (Å²) in [6, 6.07) is 4.17. The van der Waals surface area contributed by atoms with E-state index < -0.39 is 0 Å². The lowest BCUT2D eigenvalue weighted by Gasteiger charge is -2.09. The minimum Gasteiger partial charge on any atom is -0.478 e. The third-order valence-electron chi connectivity index (χ3n) is 2.99. The van der Waals surface area contributed by atoms with E-state index in [-0.39, 0.29) is 0 Å². The van der Waals surface area contributed by atoms with Gasteiger partial charge in [-0.05, 0) is 37.9 Å². The molecule has 0 fully saturated rings. The van der Waals surface area contributed by atoms with Crippen molar-refractivity contribution in [2.24, 2.45) is 0 Å². The van der Waals surface area contributed by atoms with Gasteiger partial charge in [-0.1, -0.05) is 33.1 Å². The largest absolute Gasteiger partial charge is 0.478 e. The second kappa shape index (κ2) is 9.79. The maximum absolute atomic E-state index is 5.74. The third-order valence-corrected chi connectivity index (χ3v) is 2.99. The molecule has 0 saturated heterocycles. The predicted molar refractivity (Wildman–Crippen MR) is 80.6 cm³/mol. The molecule has 0 aliphatic rings. The lowest BCUT2D eigenvalue weighted by atomic mass is 10.2. The van der Waals surface area contributed by atoms with Crippen molar-refractivity contribution in [3.05, 3.63) is 23.4 Å². The number of aromatic nitrogens is 1. The fourth-order valence-electron chi connectivity index (χ4n) is 2.00. The van der Waals surface area contributed by atoms with E-state index in [1.54, 1.807) is 0 Å². The van der Waals surface area contributed by atoms with Gasteiger partial charge in [0.15, 0.2) is 0 Å². The Balaban J connectivity index is 2.39. The second-order valence-electron chi connectivity index (χ2n) is 5.04. The van der Waals surface area contributed by atoms with E-state index in [4.69, 9.17) is 4.74 Å². The van der Waals surface area contributed by atoms with Gasteiger partial charge in [0.1, 0.15) is 0 Å². The summed E-state index contributed by atoms with van der Waals surface area (Å²) >= 11 is 0. The van der Waals surface area contributed by atoms with Crippen molar-refractivity contribution in [1.29, 1.82) is 0 Å². The van der Waals surface area contributed by atoms with E-state index in [0.717, 1.165) is 44.1 Å². The number of nitrogens with zero attached hydrogens (tertiary/aromatic N) is 1. The SMILES string of the molecule is CCCCCCOc1cc(CNCCC)cc(C)n1. The van der Waals surface area contributed by atoms with Crippen LogP contribution in [0.15, 0.2) is 12.1 Å². The summed E-state index contributed by atoms with van der Waals surface area (Å²) in [6.45, 7) is 9.14. The fraction of sp³-hybridized carbons (Fsp3) is 0.688. The zero-order valence-corrected chi connectivity index (χ0v) is 12.7. The number of hydrogen-bond acceptors (Lipinski definition) is 3. The first kappa shape index (κ1) is 16.0. The Bertz CT molecular complexity index is 353.